The van der Waals surface area contributed by atoms with Crippen molar-refractivity contribution in [1.29, 1.82) is 0 Å². The van der Waals surface area contributed by atoms with Crippen LogP contribution in [0.15, 0.2) is 77.6 Å². The maximum atomic E-state index is 14.0. The van der Waals surface area contributed by atoms with Crippen LogP contribution in [0.5, 0.6) is 17.2 Å². The highest BCUT2D eigenvalue weighted by Gasteiger charge is 2.28. The smallest absolute Gasteiger partial charge is 0.437 e. The summed E-state index contributed by atoms with van der Waals surface area (Å²) < 4.78 is 39.7. The molecule has 0 saturated carbocycles. The van der Waals surface area contributed by atoms with Gasteiger partial charge in [-0.2, -0.15) is 0 Å². The topological polar surface area (TPSA) is 93.3 Å². The first kappa shape index (κ1) is 30.3. The van der Waals surface area contributed by atoms with Gasteiger partial charge in [-0.1, -0.05) is 12.1 Å². The van der Waals surface area contributed by atoms with E-state index in [4.69, 9.17) is 18.9 Å². The molecule has 1 aliphatic rings. The molecular weight excluding hydrogens is 565 g/mol. The maximum Gasteiger partial charge on any atom is 0.437 e. The number of benzene rings is 3. The summed E-state index contributed by atoms with van der Waals surface area (Å²) in [4.78, 5) is 30.7. The van der Waals surface area contributed by atoms with Gasteiger partial charge in [0.25, 0.3) is 0 Å². The summed E-state index contributed by atoms with van der Waals surface area (Å²) in [5.74, 6) is 1.03. The van der Waals surface area contributed by atoms with Crippen molar-refractivity contribution < 1.29 is 32.9 Å². The summed E-state index contributed by atoms with van der Waals surface area (Å²) in [7, 11) is 4.90. The highest BCUT2D eigenvalue weighted by atomic mass is 19.1. The molecule has 0 saturated heterocycles. The predicted octanol–water partition coefficient (Wildman–Crippen LogP) is 6.19. The van der Waals surface area contributed by atoms with E-state index in [1.54, 1.807) is 106 Å². The van der Waals surface area contributed by atoms with Gasteiger partial charge in [0.1, 0.15) is 35.3 Å². The lowest BCUT2D eigenvalue weighted by atomic mass is 9.91. The van der Waals surface area contributed by atoms with E-state index < -0.39 is 11.7 Å². The van der Waals surface area contributed by atoms with E-state index in [9.17, 15) is 14.0 Å². The summed E-state index contributed by atoms with van der Waals surface area (Å²) in [5, 5.41) is 0. The molecule has 0 radical (unpaired) electrons. The third-order valence-electron chi connectivity index (χ3n) is 6.91. The number of carbonyl (C=O) groups is 2. The molecule has 0 spiro atoms. The van der Waals surface area contributed by atoms with Gasteiger partial charge >= 0.3 is 6.09 Å². The number of nitrogens with zero attached hydrogens (tertiary/aromatic N) is 3. The highest BCUT2D eigenvalue weighted by molar-refractivity contribution is 6.15. The van der Waals surface area contributed by atoms with E-state index in [1.807, 2.05) is 6.07 Å². The SMILES string of the molecule is COc1cc(/C=C2\COc3c(cc(Cn4ccn(C)c4=NC(=O)OC(C)(C)C)cc3-c3ccc(F)cc3)C2=O)cc(OC)c1. The quantitative estimate of drug-likeness (QED) is 0.245. The van der Waals surface area contributed by atoms with Gasteiger partial charge in [0.2, 0.25) is 5.62 Å². The van der Waals surface area contributed by atoms with Gasteiger partial charge in [0.05, 0.1) is 26.3 Å². The molecule has 44 heavy (non-hydrogen) atoms. The Labute approximate surface area is 254 Å². The Kier molecular flexibility index (Phi) is 8.44. The van der Waals surface area contributed by atoms with E-state index in [0.29, 0.717) is 45.1 Å². The van der Waals surface area contributed by atoms with Crippen molar-refractivity contribution in [3.63, 3.8) is 0 Å². The number of rotatable bonds is 6. The number of ether oxygens (including phenoxy) is 4. The maximum absolute atomic E-state index is 14.0. The fraction of sp³-hybridized carbons (Fsp3) is 0.265. The van der Waals surface area contributed by atoms with Crippen LogP contribution in [0.4, 0.5) is 9.18 Å². The normalized spacial score (nSPS) is 14.3. The molecule has 2 heterocycles. The largest absolute Gasteiger partial charge is 0.497 e. The molecule has 0 atom stereocenters. The minimum Gasteiger partial charge on any atom is -0.497 e. The van der Waals surface area contributed by atoms with Crippen LogP contribution in [0.25, 0.3) is 17.2 Å². The molecule has 4 aromatic rings. The lowest BCUT2D eigenvalue weighted by Gasteiger charge is -2.23. The number of amides is 1. The minimum atomic E-state index is -0.710. The second-order valence-corrected chi connectivity index (χ2v) is 11.4. The lowest BCUT2D eigenvalue weighted by Crippen LogP contribution is -2.29. The van der Waals surface area contributed by atoms with Crippen molar-refractivity contribution >= 4 is 18.0 Å². The van der Waals surface area contributed by atoms with Crippen molar-refractivity contribution in [2.75, 3.05) is 20.8 Å². The van der Waals surface area contributed by atoms with E-state index in [1.165, 1.54) is 12.1 Å². The fourth-order valence-electron chi connectivity index (χ4n) is 4.90. The number of ketones is 1. The van der Waals surface area contributed by atoms with Crippen molar-refractivity contribution in [1.82, 2.24) is 9.13 Å². The molecule has 1 aliphatic heterocycles. The number of methoxy groups -OCH3 is 2. The van der Waals surface area contributed by atoms with Crippen molar-refractivity contribution in [2.45, 2.75) is 32.9 Å². The first-order valence-corrected chi connectivity index (χ1v) is 14.0. The first-order chi connectivity index (χ1) is 20.9. The number of carbonyl (C=O) groups excluding carboxylic acids is 2. The molecule has 0 bridgehead atoms. The van der Waals surface area contributed by atoms with E-state index in [0.717, 1.165) is 11.1 Å². The molecule has 1 amide bonds. The predicted molar refractivity (Wildman–Crippen MR) is 163 cm³/mol. The van der Waals surface area contributed by atoms with Crippen LogP contribution in [-0.4, -0.2) is 47.4 Å². The molecule has 5 rings (SSSR count). The van der Waals surface area contributed by atoms with Crippen LogP contribution in [0.2, 0.25) is 0 Å². The van der Waals surface area contributed by atoms with E-state index in [-0.39, 0.29) is 24.8 Å². The number of aromatic nitrogens is 2. The van der Waals surface area contributed by atoms with Gasteiger partial charge < -0.3 is 28.1 Å². The van der Waals surface area contributed by atoms with Crippen molar-refractivity contribution in [2.24, 2.45) is 12.0 Å². The Balaban J connectivity index is 1.59. The summed E-state index contributed by atoms with van der Waals surface area (Å²) >= 11 is 0. The molecule has 228 valence electrons. The van der Waals surface area contributed by atoms with Gasteiger partial charge in [-0.25, -0.2) is 9.18 Å². The summed E-state index contributed by atoms with van der Waals surface area (Å²) in [6.07, 6.45) is 4.61. The van der Waals surface area contributed by atoms with Crippen molar-refractivity contribution in [3.05, 3.63) is 101 Å². The van der Waals surface area contributed by atoms with Crippen LogP contribution >= 0.6 is 0 Å². The zero-order valence-electron chi connectivity index (χ0n) is 25.5. The fourth-order valence-corrected chi connectivity index (χ4v) is 4.90. The molecule has 0 aliphatic carbocycles. The van der Waals surface area contributed by atoms with Gasteiger partial charge in [0.15, 0.2) is 5.78 Å². The Hall–Kier alpha value is -5.12. The van der Waals surface area contributed by atoms with Gasteiger partial charge in [-0.15, -0.1) is 4.99 Å². The van der Waals surface area contributed by atoms with Crippen LogP contribution < -0.4 is 19.8 Å². The van der Waals surface area contributed by atoms with Crippen LogP contribution in [0.1, 0.15) is 42.3 Å². The van der Waals surface area contributed by atoms with Gasteiger partial charge in [-0.3, -0.25) is 4.79 Å². The van der Waals surface area contributed by atoms with Crippen LogP contribution in [0.3, 0.4) is 0 Å². The number of Topliss-reactive ketones (excluding diaryl/α,β-unsaturated/α-hetero) is 1. The molecule has 0 N–H and O–H groups in total. The number of fused-ring (bicyclic) bond motifs is 1. The third kappa shape index (κ3) is 6.75. The molecule has 1 aromatic heterocycles. The Morgan fingerprint density at radius 2 is 1.66 bits per heavy atom. The van der Waals surface area contributed by atoms with E-state index >= 15 is 0 Å². The van der Waals surface area contributed by atoms with E-state index in [2.05, 4.69) is 4.99 Å². The second-order valence-electron chi connectivity index (χ2n) is 11.4. The average molecular weight is 600 g/mol. The lowest BCUT2D eigenvalue weighted by molar-refractivity contribution is 0.0593. The average Bonchev–Trinajstić information content (AvgIpc) is 3.31. The second kappa shape index (κ2) is 12.2. The molecular formula is C34H34FN3O6. The van der Waals surface area contributed by atoms with Crippen molar-refractivity contribution in [3.8, 4) is 28.4 Å². The van der Waals surface area contributed by atoms with Crippen LogP contribution in [-0.2, 0) is 18.3 Å². The summed E-state index contributed by atoms with van der Waals surface area (Å²) in [5.41, 5.74) is 3.31. The summed E-state index contributed by atoms with van der Waals surface area (Å²) in [6, 6.07) is 15.1. The molecule has 0 fully saturated rings. The summed E-state index contributed by atoms with van der Waals surface area (Å²) in [6.45, 7) is 5.65. The Morgan fingerprint density at radius 3 is 2.30 bits per heavy atom. The molecule has 3 aromatic carbocycles. The number of imidazole rings is 1. The number of halogens is 1. The zero-order valence-corrected chi connectivity index (χ0v) is 25.5. The minimum absolute atomic E-state index is 0.0469. The monoisotopic (exact) mass is 599 g/mol. The number of hydrogen-bond acceptors (Lipinski definition) is 6. The number of hydrogen-bond donors (Lipinski definition) is 0. The first-order valence-electron chi connectivity index (χ1n) is 14.0. The molecule has 9 nitrogen and oxygen atoms in total. The Morgan fingerprint density at radius 1 is 1.00 bits per heavy atom. The Bertz CT molecular complexity index is 1800. The van der Waals surface area contributed by atoms with Gasteiger partial charge in [-0.05, 0) is 79.9 Å². The standard InChI is InChI=1S/C34H34FN3O6/c1-34(2,3)44-33(40)36-32-37(4)11-12-38(32)19-22-16-28(23-7-9-25(35)10-8-23)31-29(17-22)30(39)24(20-43-31)13-21-14-26(41-5)18-27(15-21)42-6/h7-18H,19-20H2,1-6H3/b24-13+,36-32?. The number of aryl methyl sites for hydroxylation is 1. The van der Waals surface area contributed by atoms with Crippen LogP contribution in [0, 0.1) is 5.82 Å². The zero-order chi connectivity index (χ0) is 31.6. The molecule has 0 unspecified atom stereocenters. The van der Waals surface area contributed by atoms with Gasteiger partial charge in [0, 0.05) is 36.6 Å². The molecule has 10 heteroatoms. The third-order valence-corrected chi connectivity index (χ3v) is 6.91. The highest BCUT2D eigenvalue weighted by Crippen LogP contribution is 2.39.